The fourth-order valence-electron chi connectivity index (χ4n) is 2.73. The van der Waals surface area contributed by atoms with Gasteiger partial charge in [-0.05, 0) is 35.2 Å². The molecule has 138 valence electrons. The first-order valence-electron chi connectivity index (χ1n) is 8.69. The number of nitrogens with one attached hydrogen (secondary N) is 1. The van der Waals surface area contributed by atoms with Crippen LogP contribution in [-0.4, -0.2) is 25.5 Å². The van der Waals surface area contributed by atoms with Crippen molar-refractivity contribution in [2.45, 2.75) is 33.2 Å². The van der Waals surface area contributed by atoms with E-state index in [1.807, 2.05) is 48.5 Å². The van der Waals surface area contributed by atoms with Crippen LogP contribution in [0.15, 0.2) is 48.5 Å². The Bertz CT molecular complexity index is 754. The van der Waals surface area contributed by atoms with Crippen LogP contribution in [0.25, 0.3) is 0 Å². The molecule has 0 aliphatic heterocycles. The molecule has 2 aromatic carbocycles. The zero-order chi connectivity index (χ0) is 19.1. The summed E-state index contributed by atoms with van der Waals surface area (Å²) in [5.74, 6) is 0.677. The number of hydrogen-bond acceptors (Lipinski definition) is 3. The fourth-order valence-corrected chi connectivity index (χ4v) is 2.73. The number of carbonyl (C=O) groups is 2. The van der Waals surface area contributed by atoms with Crippen molar-refractivity contribution in [3.05, 3.63) is 59.7 Å². The predicted octanol–water partition coefficient (Wildman–Crippen LogP) is 3.49. The molecule has 0 aromatic heterocycles. The molecule has 0 aliphatic rings. The Balaban J connectivity index is 2.05. The van der Waals surface area contributed by atoms with Crippen molar-refractivity contribution in [1.82, 2.24) is 5.32 Å². The van der Waals surface area contributed by atoms with Gasteiger partial charge in [-0.2, -0.15) is 0 Å². The molecule has 0 heterocycles. The Labute approximate surface area is 155 Å². The molecule has 2 aromatic rings. The third kappa shape index (κ3) is 5.09. The Morgan fingerprint density at radius 1 is 1.08 bits per heavy atom. The summed E-state index contributed by atoms with van der Waals surface area (Å²) >= 11 is 0. The van der Waals surface area contributed by atoms with Crippen LogP contribution in [0.1, 0.15) is 37.8 Å². The molecule has 0 bridgehead atoms. The second-order valence-corrected chi connectivity index (χ2v) is 6.44. The summed E-state index contributed by atoms with van der Waals surface area (Å²) in [4.78, 5) is 26.0. The van der Waals surface area contributed by atoms with Gasteiger partial charge in [-0.3, -0.25) is 9.59 Å². The van der Waals surface area contributed by atoms with E-state index in [4.69, 9.17) is 4.74 Å². The standard InChI is InChI=1S/C21H26N2O3/c1-15(2)19-7-5-6-8-20(19)23(16(3)24)14-21(25)22-13-17-9-11-18(26-4)12-10-17/h5-12,15H,13-14H2,1-4H3,(H,22,25). The number of ether oxygens (including phenoxy) is 1. The molecule has 0 atom stereocenters. The molecule has 26 heavy (non-hydrogen) atoms. The van der Waals surface area contributed by atoms with E-state index in [9.17, 15) is 9.59 Å². The van der Waals surface area contributed by atoms with Crippen molar-refractivity contribution < 1.29 is 14.3 Å². The van der Waals surface area contributed by atoms with E-state index < -0.39 is 0 Å². The van der Waals surface area contributed by atoms with Gasteiger partial charge >= 0.3 is 0 Å². The molecule has 0 unspecified atom stereocenters. The van der Waals surface area contributed by atoms with Gasteiger partial charge in [-0.25, -0.2) is 0 Å². The number of amides is 2. The zero-order valence-corrected chi connectivity index (χ0v) is 15.8. The maximum absolute atomic E-state index is 12.4. The summed E-state index contributed by atoms with van der Waals surface area (Å²) in [6.07, 6.45) is 0. The molecule has 5 nitrogen and oxygen atoms in total. The maximum atomic E-state index is 12.4. The van der Waals surface area contributed by atoms with Crippen LogP contribution >= 0.6 is 0 Å². The summed E-state index contributed by atoms with van der Waals surface area (Å²) < 4.78 is 5.12. The number of rotatable bonds is 7. The molecule has 0 saturated heterocycles. The minimum Gasteiger partial charge on any atom is -0.497 e. The first kappa shape index (κ1) is 19.5. The van der Waals surface area contributed by atoms with Gasteiger partial charge in [0.05, 0.1) is 7.11 Å². The molecule has 0 saturated carbocycles. The van der Waals surface area contributed by atoms with Gasteiger partial charge in [0.2, 0.25) is 11.8 Å². The zero-order valence-electron chi connectivity index (χ0n) is 15.8. The number of methoxy groups -OCH3 is 1. The van der Waals surface area contributed by atoms with E-state index in [-0.39, 0.29) is 24.3 Å². The molecule has 0 spiro atoms. The number of benzene rings is 2. The molecule has 1 N–H and O–H groups in total. The van der Waals surface area contributed by atoms with Crippen molar-refractivity contribution >= 4 is 17.5 Å². The van der Waals surface area contributed by atoms with Crippen LogP contribution < -0.4 is 15.0 Å². The molecular formula is C21H26N2O3. The molecule has 0 fully saturated rings. The highest BCUT2D eigenvalue weighted by molar-refractivity contribution is 5.98. The Morgan fingerprint density at radius 3 is 2.31 bits per heavy atom. The lowest BCUT2D eigenvalue weighted by molar-refractivity contribution is -0.123. The first-order chi connectivity index (χ1) is 12.4. The molecular weight excluding hydrogens is 328 g/mol. The fraction of sp³-hybridized carbons (Fsp3) is 0.333. The van der Waals surface area contributed by atoms with Gasteiger partial charge in [0.25, 0.3) is 0 Å². The smallest absolute Gasteiger partial charge is 0.240 e. The topological polar surface area (TPSA) is 58.6 Å². The van der Waals surface area contributed by atoms with E-state index in [1.165, 1.54) is 11.8 Å². The number of nitrogens with zero attached hydrogens (tertiary/aromatic N) is 1. The Kier molecular flexibility index (Phi) is 6.78. The van der Waals surface area contributed by atoms with Crippen molar-refractivity contribution in [2.75, 3.05) is 18.6 Å². The lowest BCUT2D eigenvalue weighted by Crippen LogP contribution is -2.40. The van der Waals surface area contributed by atoms with E-state index in [0.29, 0.717) is 6.54 Å². The van der Waals surface area contributed by atoms with Crippen molar-refractivity contribution in [2.24, 2.45) is 0 Å². The average Bonchev–Trinajstić information content (AvgIpc) is 2.64. The van der Waals surface area contributed by atoms with Crippen LogP contribution in [0.4, 0.5) is 5.69 Å². The summed E-state index contributed by atoms with van der Waals surface area (Å²) in [6.45, 7) is 6.02. The molecule has 0 radical (unpaired) electrons. The third-order valence-corrected chi connectivity index (χ3v) is 4.18. The van der Waals surface area contributed by atoms with E-state index in [0.717, 1.165) is 22.6 Å². The van der Waals surface area contributed by atoms with Crippen LogP contribution in [0.2, 0.25) is 0 Å². The lowest BCUT2D eigenvalue weighted by atomic mass is 10.0. The highest BCUT2D eigenvalue weighted by atomic mass is 16.5. The first-order valence-corrected chi connectivity index (χ1v) is 8.69. The maximum Gasteiger partial charge on any atom is 0.240 e. The normalized spacial score (nSPS) is 10.5. The predicted molar refractivity (Wildman–Crippen MR) is 103 cm³/mol. The summed E-state index contributed by atoms with van der Waals surface area (Å²) in [7, 11) is 1.61. The highest BCUT2D eigenvalue weighted by Gasteiger charge is 2.19. The molecule has 0 aliphatic carbocycles. The Hall–Kier alpha value is -2.82. The Morgan fingerprint density at radius 2 is 1.73 bits per heavy atom. The van der Waals surface area contributed by atoms with Crippen molar-refractivity contribution in [3.63, 3.8) is 0 Å². The van der Waals surface area contributed by atoms with Crippen molar-refractivity contribution in [3.8, 4) is 5.75 Å². The minimum absolute atomic E-state index is 0.00474. The molecule has 5 heteroatoms. The van der Waals surface area contributed by atoms with Gasteiger partial charge in [0.15, 0.2) is 0 Å². The van der Waals surface area contributed by atoms with E-state index in [2.05, 4.69) is 19.2 Å². The van der Waals surface area contributed by atoms with E-state index in [1.54, 1.807) is 7.11 Å². The van der Waals surface area contributed by atoms with Gasteiger partial charge in [-0.1, -0.05) is 44.2 Å². The van der Waals surface area contributed by atoms with Gasteiger partial charge in [0, 0.05) is 19.2 Å². The van der Waals surface area contributed by atoms with Crippen LogP contribution in [-0.2, 0) is 16.1 Å². The average molecular weight is 354 g/mol. The van der Waals surface area contributed by atoms with Gasteiger partial charge < -0.3 is 15.0 Å². The number of hydrogen-bond donors (Lipinski definition) is 1. The van der Waals surface area contributed by atoms with Gasteiger partial charge in [0.1, 0.15) is 12.3 Å². The number of anilines is 1. The molecule has 2 rings (SSSR count). The van der Waals surface area contributed by atoms with Crippen LogP contribution in [0.5, 0.6) is 5.75 Å². The number of para-hydroxylation sites is 1. The summed E-state index contributed by atoms with van der Waals surface area (Å²) in [6, 6.07) is 15.2. The molecule has 2 amide bonds. The SMILES string of the molecule is COc1ccc(CNC(=O)CN(C(C)=O)c2ccccc2C(C)C)cc1. The van der Waals surface area contributed by atoms with Gasteiger partial charge in [-0.15, -0.1) is 0 Å². The second-order valence-electron chi connectivity index (χ2n) is 6.44. The van der Waals surface area contributed by atoms with E-state index >= 15 is 0 Å². The van der Waals surface area contributed by atoms with Crippen molar-refractivity contribution in [1.29, 1.82) is 0 Å². The highest BCUT2D eigenvalue weighted by Crippen LogP contribution is 2.27. The monoisotopic (exact) mass is 354 g/mol. The second kappa shape index (κ2) is 9.04. The summed E-state index contributed by atoms with van der Waals surface area (Å²) in [5.41, 5.74) is 2.80. The number of carbonyl (C=O) groups excluding carboxylic acids is 2. The lowest BCUT2D eigenvalue weighted by Gasteiger charge is -2.25. The quantitative estimate of drug-likeness (QED) is 0.828. The minimum atomic E-state index is -0.199. The third-order valence-electron chi connectivity index (χ3n) is 4.18. The van der Waals surface area contributed by atoms with Crippen LogP contribution in [0.3, 0.4) is 0 Å². The largest absolute Gasteiger partial charge is 0.497 e. The van der Waals surface area contributed by atoms with Crippen LogP contribution in [0, 0.1) is 0 Å². The summed E-state index contributed by atoms with van der Waals surface area (Å²) in [5, 5.41) is 2.87.